The Morgan fingerprint density at radius 1 is 1.32 bits per heavy atom. The average Bonchev–Trinajstić information content (AvgIpc) is 3.43. The highest BCUT2D eigenvalue weighted by Gasteiger charge is 2.34. The van der Waals surface area contributed by atoms with Crippen LogP contribution in [0.25, 0.3) is 0 Å². The first-order chi connectivity index (χ1) is 13.5. The van der Waals surface area contributed by atoms with Gasteiger partial charge in [0.1, 0.15) is 13.1 Å². The van der Waals surface area contributed by atoms with Gasteiger partial charge in [0, 0.05) is 38.6 Å². The third-order valence-corrected chi connectivity index (χ3v) is 4.56. The number of urea groups is 1. The molecule has 9 heteroatoms. The molecule has 3 amide bonds. The van der Waals surface area contributed by atoms with E-state index in [2.05, 4.69) is 5.32 Å². The van der Waals surface area contributed by atoms with Crippen LogP contribution >= 0.6 is 0 Å². The maximum absolute atomic E-state index is 12.9. The van der Waals surface area contributed by atoms with Gasteiger partial charge in [-0.3, -0.25) is 9.59 Å². The predicted octanol–water partition coefficient (Wildman–Crippen LogP) is 0.737. The van der Waals surface area contributed by atoms with Gasteiger partial charge in [-0.15, -0.1) is 0 Å². The van der Waals surface area contributed by atoms with Gasteiger partial charge in [-0.05, 0) is 31.9 Å². The van der Waals surface area contributed by atoms with Crippen molar-refractivity contribution < 1.29 is 23.9 Å². The number of esters is 1. The summed E-state index contributed by atoms with van der Waals surface area (Å²) in [7, 11) is 3.47. The van der Waals surface area contributed by atoms with Crippen LogP contribution in [-0.4, -0.2) is 78.3 Å². The summed E-state index contributed by atoms with van der Waals surface area (Å²) >= 11 is 0. The monoisotopic (exact) mass is 394 g/mol. The number of aromatic nitrogens is 1. The van der Waals surface area contributed by atoms with E-state index in [1.807, 2.05) is 34.8 Å². The molecule has 0 bridgehead atoms. The van der Waals surface area contributed by atoms with Crippen LogP contribution in [0.1, 0.15) is 25.5 Å². The van der Waals surface area contributed by atoms with E-state index >= 15 is 0 Å². The molecule has 1 aromatic heterocycles. The molecule has 0 saturated heterocycles. The van der Waals surface area contributed by atoms with Gasteiger partial charge in [0.25, 0.3) is 0 Å². The number of hydrogen-bond acceptors (Lipinski definition) is 5. The Kier molecular flexibility index (Phi) is 8.31. The highest BCUT2D eigenvalue weighted by atomic mass is 16.5. The molecule has 1 aliphatic rings. The van der Waals surface area contributed by atoms with E-state index in [1.165, 1.54) is 12.0 Å². The quantitative estimate of drug-likeness (QED) is 0.559. The maximum Gasteiger partial charge on any atom is 0.325 e. The van der Waals surface area contributed by atoms with E-state index in [4.69, 9.17) is 9.47 Å². The first-order valence-electron chi connectivity index (χ1n) is 9.53. The Balaban J connectivity index is 1.98. The molecule has 0 unspecified atom stereocenters. The largest absolute Gasteiger partial charge is 0.465 e. The van der Waals surface area contributed by atoms with E-state index in [0.717, 1.165) is 18.5 Å². The Hall–Kier alpha value is -2.55. The number of amides is 3. The highest BCUT2D eigenvalue weighted by molar-refractivity contribution is 5.86. The molecule has 28 heavy (non-hydrogen) atoms. The van der Waals surface area contributed by atoms with Gasteiger partial charge in [-0.2, -0.15) is 0 Å². The highest BCUT2D eigenvalue weighted by Crippen LogP contribution is 2.28. The fourth-order valence-electron chi connectivity index (χ4n) is 2.82. The van der Waals surface area contributed by atoms with Crippen molar-refractivity contribution in [2.45, 2.75) is 32.4 Å². The van der Waals surface area contributed by atoms with E-state index in [1.54, 1.807) is 6.92 Å². The molecular weight excluding hydrogens is 364 g/mol. The number of carbonyl (C=O) groups is 3. The zero-order valence-electron chi connectivity index (χ0n) is 16.8. The van der Waals surface area contributed by atoms with Crippen molar-refractivity contribution in [1.82, 2.24) is 19.7 Å². The Morgan fingerprint density at radius 2 is 2.07 bits per heavy atom. The van der Waals surface area contributed by atoms with E-state index in [0.29, 0.717) is 13.2 Å². The van der Waals surface area contributed by atoms with E-state index in [9.17, 15) is 14.4 Å². The van der Waals surface area contributed by atoms with Crippen molar-refractivity contribution in [2.75, 3.05) is 40.0 Å². The molecular formula is C19H30N4O5. The second-order valence-electron chi connectivity index (χ2n) is 6.74. The van der Waals surface area contributed by atoms with Crippen molar-refractivity contribution in [3.05, 3.63) is 24.0 Å². The summed E-state index contributed by atoms with van der Waals surface area (Å²) in [4.78, 5) is 40.1. The normalized spacial score (nSPS) is 13.1. The molecule has 9 nitrogen and oxygen atoms in total. The minimum Gasteiger partial charge on any atom is -0.465 e. The molecule has 1 aliphatic carbocycles. The van der Waals surface area contributed by atoms with Crippen LogP contribution in [0.2, 0.25) is 0 Å². The molecule has 156 valence electrons. The third-order valence-electron chi connectivity index (χ3n) is 4.56. The van der Waals surface area contributed by atoms with Gasteiger partial charge in [-0.1, -0.05) is 0 Å². The summed E-state index contributed by atoms with van der Waals surface area (Å²) in [5.41, 5.74) is 1.04. The van der Waals surface area contributed by atoms with Gasteiger partial charge >= 0.3 is 12.0 Å². The standard InChI is InChI=1S/C19H30N4O5/c1-4-28-18(25)12-20-19(26)22(10-11-27-3)14-17(24)23(15-7-8-15)13-16-6-5-9-21(16)2/h5-6,9,15H,4,7-8,10-14H2,1-3H3,(H,20,26). The molecule has 0 aromatic carbocycles. The van der Waals surface area contributed by atoms with Gasteiger partial charge in [0.05, 0.1) is 19.8 Å². The lowest BCUT2D eigenvalue weighted by Gasteiger charge is -2.28. The number of methoxy groups -OCH3 is 1. The van der Waals surface area contributed by atoms with E-state index in [-0.39, 0.29) is 38.2 Å². The van der Waals surface area contributed by atoms with Crippen molar-refractivity contribution in [3.63, 3.8) is 0 Å². The topological polar surface area (TPSA) is 93.1 Å². The molecule has 0 aliphatic heterocycles. The van der Waals surface area contributed by atoms with Crippen LogP contribution in [0.5, 0.6) is 0 Å². The zero-order valence-corrected chi connectivity index (χ0v) is 16.8. The van der Waals surface area contributed by atoms with Crippen LogP contribution in [-0.2, 0) is 32.7 Å². The lowest BCUT2D eigenvalue weighted by Crippen LogP contribution is -2.49. The predicted molar refractivity (Wildman–Crippen MR) is 102 cm³/mol. The van der Waals surface area contributed by atoms with Crippen molar-refractivity contribution in [3.8, 4) is 0 Å². The van der Waals surface area contributed by atoms with Crippen molar-refractivity contribution >= 4 is 17.9 Å². The summed E-state index contributed by atoms with van der Waals surface area (Å²) in [6, 6.07) is 3.65. The second-order valence-corrected chi connectivity index (χ2v) is 6.74. The molecule has 2 rings (SSSR count). The minimum atomic E-state index is -0.516. The number of nitrogens with zero attached hydrogens (tertiary/aromatic N) is 3. The SMILES string of the molecule is CCOC(=O)CNC(=O)N(CCOC)CC(=O)N(Cc1cccn1C)C1CC1. The first kappa shape index (κ1) is 21.7. The fraction of sp³-hybridized carbons (Fsp3) is 0.632. The molecule has 0 radical (unpaired) electrons. The van der Waals surface area contributed by atoms with Crippen molar-refractivity contribution in [1.29, 1.82) is 0 Å². The van der Waals surface area contributed by atoms with Crippen LogP contribution in [0.4, 0.5) is 4.79 Å². The summed E-state index contributed by atoms with van der Waals surface area (Å²) in [6.07, 6.45) is 3.89. The van der Waals surface area contributed by atoms with Gasteiger partial charge < -0.3 is 29.2 Å². The Morgan fingerprint density at radius 3 is 2.64 bits per heavy atom. The summed E-state index contributed by atoms with van der Waals surface area (Å²) in [5.74, 6) is -0.636. The number of nitrogens with one attached hydrogen (secondary N) is 1. The number of carbonyl (C=O) groups excluding carboxylic acids is 3. The lowest BCUT2D eigenvalue weighted by atomic mass is 10.3. The molecule has 1 N–H and O–H groups in total. The zero-order chi connectivity index (χ0) is 20.5. The maximum atomic E-state index is 12.9. The average molecular weight is 394 g/mol. The fourth-order valence-corrected chi connectivity index (χ4v) is 2.82. The molecule has 1 fully saturated rings. The Bertz CT molecular complexity index is 671. The molecule has 1 heterocycles. The number of ether oxygens (including phenoxy) is 2. The molecule has 1 saturated carbocycles. The van der Waals surface area contributed by atoms with Crippen LogP contribution in [0.3, 0.4) is 0 Å². The van der Waals surface area contributed by atoms with Crippen molar-refractivity contribution in [2.24, 2.45) is 7.05 Å². The van der Waals surface area contributed by atoms with E-state index < -0.39 is 12.0 Å². The molecule has 0 atom stereocenters. The summed E-state index contributed by atoms with van der Waals surface area (Å²) < 4.78 is 11.8. The number of aryl methyl sites for hydroxylation is 1. The van der Waals surface area contributed by atoms with Gasteiger partial charge in [-0.25, -0.2) is 4.79 Å². The van der Waals surface area contributed by atoms with Gasteiger partial charge in [0.2, 0.25) is 5.91 Å². The molecule has 1 aromatic rings. The first-order valence-corrected chi connectivity index (χ1v) is 9.53. The van der Waals surface area contributed by atoms with Crippen LogP contribution < -0.4 is 5.32 Å². The van der Waals surface area contributed by atoms with Crippen LogP contribution in [0, 0.1) is 0 Å². The smallest absolute Gasteiger partial charge is 0.325 e. The summed E-state index contributed by atoms with van der Waals surface area (Å²) in [5, 5.41) is 2.50. The van der Waals surface area contributed by atoms with Crippen LogP contribution in [0.15, 0.2) is 18.3 Å². The third kappa shape index (κ3) is 6.56. The minimum absolute atomic E-state index is 0.0705. The Labute approximate surface area is 165 Å². The van der Waals surface area contributed by atoms with Gasteiger partial charge in [0.15, 0.2) is 0 Å². The lowest BCUT2D eigenvalue weighted by molar-refractivity contribution is -0.141. The second kappa shape index (κ2) is 10.7. The molecule has 0 spiro atoms. The number of hydrogen-bond donors (Lipinski definition) is 1. The summed E-state index contributed by atoms with van der Waals surface area (Å²) in [6.45, 7) is 2.69. The number of rotatable bonds is 11.